The topological polar surface area (TPSA) is 84.6 Å². The number of halogens is 1. The Morgan fingerprint density at radius 3 is 3.03 bits per heavy atom. The van der Waals surface area contributed by atoms with E-state index >= 15 is 0 Å². The molecule has 2 aliphatic heterocycles. The number of nitrogens with zero attached hydrogens (tertiary/aromatic N) is 5. The smallest absolute Gasteiger partial charge is 0.256 e. The molecule has 1 fully saturated rings. The zero-order valence-corrected chi connectivity index (χ0v) is 16.2. The third-order valence-corrected chi connectivity index (χ3v) is 5.47. The molecule has 1 saturated heterocycles. The van der Waals surface area contributed by atoms with Crippen molar-refractivity contribution in [3.8, 4) is 5.88 Å². The maximum atomic E-state index is 14.1. The molecule has 8 nitrogen and oxygen atoms in total. The van der Waals surface area contributed by atoms with E-state index in [0.29, 0.717) is 34.4 Å². The van der Waals surface area contributed by atoms with Crippen LogP contribution in [0.15, 0.2) is 30.7 Å². The fraction of sp³-hybridized carbons (Fsp3) is 0.400. The van der Waals surface area contributed by atoms with Gasteiger partial charge in [0.2, 0.25) is 5.88 Å². The summed E-state index contributed by atoms with van der Waals surface area (Å²) in [7, 11) is 0. The molecule has 3 aromatic heterocycles. The molecule has 150 valence electrons. The van der Waals surface area contributed by atoms with Gasteiger partial charge in [0, 0.05) is 18.3 Å². The van der Waals surface area contributed by atoms with Crippen molar-refractivity contribution in [2.75, 3.05) is 18.0 Å². The number of amides is 1. The highest BCUT2D eigenvalue weighted by molar-refractivity contribution is 5.99. The highest BCUT2D eigenvalue weighted by atomic mass is 19.1. The first-order valence-electron chi connectivity index (χ1n) is 9.71. The van der Waals surface area contributed by atoms with Gasteiger partial charge in [0.25, 0.3) is 5.91 Å². The summed E-state index contributed by atoms with van der Waals surface area (Å²) in [5.41, 5.74) is 1.59. The Morgan fingerprint density at radius 2 is 2.17 bits per heavy atom. The van der Waals surface area contributed by atoms with Crippen LogP contribution in [0.2, 0.25) is 0 Å². The van der Waals surface area contributed by atoms with Gasteiger partial charge in [-0.1, -0.05) is 6.92 Å². The zero-order chi connectivity index (χ0) is 20.1. The van der Waals surface area contributed by atoms with E-state index in [9.17, 15) is 9.18 Å². The molecule has 3 aromatic rings. The molecule has 0 radical (unpaired) electrons. The third-order valence-electron chi connectivity index (χ3n) is 5.47. The summed E-state index contributed by atoms with van der Waals surface area (Å²) < 4.78 is 21.7. The second kappa shape index (κ2) is 6.68. The summed E-state index contributed by atoms with van der Waals surface area (Å²) >= 11 is 0. The van der Waals surface area contributed by atoms with Crippen LogP contribution in [0.25, 0.3) is 5.65 Å². The standard InChI is InChI=1S/C20H21FN6O2/c1-11-5-16-14-6-13(21)8-23-20(14)29-12(2)7-22-19(28)15-9-24-27-4-3-17(25-18(15)27)26(16)10-11/h3-4,6,8-9,11-12,16H,5,7,10H2,1-2H3,(H,22,28)/t11?,12?,16-/m1/s1. The minimum atomic E-state index is -0.404. The number of carbonyl (C=O) groups is 1. The molecule has 5 heterocycles. The second-order valence-corrected chi connectivity index (χ2v) is 7.81. The Labute approximate surface area is 166 Å². The molecule has 0 aromatic carbocycles. The quantitative estimate of drug-likeness (QED) is 0.628. The van der Waals surface area contributed by atoms with Crippen molar-refractivity contribution in [1.29, 1.82) is 0 Å². The lowest BCUT2D eigenvalue weighted by Gasteiger charge is -2.27. The van der Waals surface area contributed by atoms with Crippen molar-refractivity contribution < 1.29 is 13.9 Å². The van der Waals surface area contributed by atoms with Gasteiger partial charge < -0.3 is 15.0 Å². The minimum Gasteiger partial charge on any atom is -0.473 e. The fourth-order valence-electron chi connectivity index (χ4n) is 4.12. The van der Waals surface area contributed by atoms with Gasteiger partial charge in [-0.2, -0.15) is 5.10 Å². The summed E-state index contributed by atoms with van der Waals surface area (Å²) in [6, 6.07) is 3.23. The maximum Gasteiger partial charge on any atom is 0.256 e. The lowest BCUT2D eigenvalue weighted by Crippen LogP contribution is -2.34. The lowest BCUT2D eigenvalue weighted by atomic mass is 10.0. The van der Waals surface area contributed by atoms with Gasteiger partial charge in [0.15, 0.2) is 5.65 Å². The maximum absolute atomic E-state index is 14.1. The van der Waals surface area contributed by atoms with Crippen LogP contribution in [0.4, 0.5) is 10.2 Å². The van der Waals surface area contributed by atoms with E-state index < -0.39 is 5.82 Å². The third kappa shape index (κ3) is 3.06. The monoisotopic (exact) mass is 396 g/mol. The largest absolute Gasteiger partial charge is 0.473 e. The van der Waals surface area contributed by atoms with Gasteiger partial charge >= 0.3 is 0 Å². The van der Waals surface area contributed by atoms with Crippen molar-refractivity contribution in [3.63, 3.8) is 0 Å². The fourth-order valence-corrected chi connectivity index (χ4v) is 4.12. The number of pyridine rings is 1. The van der Waals surface area contributed by atoms with Crippen molar-refractivity contribution in [3.05, 3.63) is 47.7 Å². The molecule has 1 amide bonds. The number of nitrogens with one attached hydrogen (secondary N) is 1. The van der Waals surface area contributed by atoms with E-state index in [0.717, 1.165) is 19.2 Å². The molecular weight excluding hydrogens is 375 g/mol. The van der Waals surface area contributed by atoms with E-state index in [-0.39, 0.29) is 24.6 Å². The van der Waals surface area contributed by atoms with Crippen LogP contribution in [0.1, 0.15) is 42.2 Å². The summed E-state index contributed by atoms with van der Waals surface area (Å²) in [6.45, 7) is 5.03. The number of aromatic nitrogens is 4. The molecule has 5 rings (SSSR count). The van der Waals surface area contributed by atoms with Gasteiger partial charge in [-0.25, -0.2) is 18.9 Å². The number of hydrogen-bond acceptors (Lipinski definition) is 6. The zero-order valence-electron chi connectivity index (χ0n) is 16.2. The Bertz CT molecular complexity index is 1100. The molecule has 9 heteroatoms. The molecule has 3 atom stereocenters. The Morgan fingerprint density at radius 1 is 1.31 bits per heavy atom. The average Bonchev–Trinajstić information content (AvgIpc) is 3.30. The average molecular weight is 396 g/mol. The van der Waals surface area contributed by atoms with Crippen LogP contribution >= 0.6 is 0 Å². The van der Waals surface area contributed by atoms with Gasteiger partial charge in [-0.3, -0.25) is 4.79 Å². The Hall–Kier alpha value is -3.23. The molecule has 29 heavy (non-hydrogen) atoms. The molecule has 2 aliphatic rings. The molecule has 0 aliphatic carbocycles. The number of ether oxygens (including phenoxy) is 1. The van der Waals surface area contributed by atoms with Crippen molar-refractivity contribution in [2.24, 2.45) is 5.92 Å². The Kier molecular flexibility index (Phi) is 4.11. The van der Waals surface area contributed by atoms with Gasteiger partial charge in [0.05, 0.1) is 25.0 Å². The van der Waals surface area contributed by atoms with E-state index in [1.165, 1.54) is 12.3 Å². The number of anilines is 1. The van der Waals surface area contributed by atoms with E-state index in [4.69, 9.17) is 9.72 Å². The predicted molar refractivity (Wildman–Crippen MR) is 103 cm³/mol. The first-order chi connectivity index (χ1) is 14.0. The molecule has 1 N–H and O–H groups in total. The summed E-state index contributed by atoms with van der Waals surface area (Å²) in [6.07, 6.45) is 4.95. The summed E-state index contributed by atoms with van der Waals surface area (Å²) in [5.74, 6) is 0.813. The van der Waals surface area contributed by atoms with Crippen LogP contribution in [-0.2, 0) is 0 Å². The van der Waals surface area contributed by atoms with Crippen LogP contribution in [0.3, 0.4) is 0 Å². The van der Waals surface area contributed by atoms with Crippen LogP contribution in [0, 0.1) is 11.7 Å². The van der Waals surface area contributed by atoms with Crippen molar-refractivity contribution in [2.45, 2.75) is 32.4 Å². The van der Waals surface area contributed by atoms with Crippen molar-refractivity contribution >= 4 is 17.4 Å². The predicted octanol–water partition coefficient (Wildman–Crippen LogP) is 2.36. The Balaban J connectivity index is 1.70. The van der Waals surface area contributed by atoms with Gasteiger partial charge in [-0.15, -0.1) is 0 Å². The highest BCUT2D eigenvalue weighted by Gasteiger charge is 2.35. The first kappa shape index (κ1) is 17.8. The van der Waals surface area contributed by atoms with E-state index in [2.05, 4.69) is 27.2 Å². The number of carbonyl (C=O) groups excluding carboxylic acids is 1. The van der Waals surface area contributed by atoms with Crippen LogP contribution in [-0.4, -0.2) is 44.7 Å². The normalized spacial score (nSPS) is 24.2. The van der Waals surface area contributed by atoms with E-state index in [1.54, 1.807) is 10.7 Å². The SMILES string of the molecule is CC1C[C@@H]2c3cc(F)cnc3OC(C)CNC(=O)c3cnn4ccc(nc34)N2C1. The second-order valence-electron chi connectivity index (χ2n) is 7.81. The number of rotatable bonds is 0. The van der Waals surface area contributed by atoms with E-state index in [1.807, 2.05) is 13.0 Å². The highest BCUT2D eigenvalue weighted by Crippen LogP contribution is 2.41. The van der Waals surface area contributed by atoms with Crippen molar-refractivity contribution in [1.82, 2.24) is 24.9 Å². The summed E-state index contributed by atoms with van der Waals surface area (Å²) in [4.78, 5) is 23.7. The first-order valence-corrected chi connectivity index (χ1v) is 9.71. The molecule has 2 bridgehead atoms. The minimum absolute atomic E-state index is 0.124. The van der Waals surface area contributed by atoms with Gasteiger partial charge in [-0.05, 0) is 31.4 Å². The van der Waals surface area contributed by atoms with Crippen LogP contribution < -0.4 is 15.0 Å². The number of hydrogen-bond donors (Lipinski definition) is 1. The lowest BCUT2D eigenvalue weighted by molar-refractivity contribution is 0.0932. The molecule has 2 unspecified atom stereocenters. The summed E-state index contributed by atoms with van der Waals surface area (Å²) in [5, 5.41) is 7.09. The molecular formula is C20H21FN6O2. The molecule has 0 spiro atoms. The molecule has 0 saturated carbocycles. The van der Waals surface area contributed by atoms with Gasteiger partial charge in [0.1, 0.15) is 23.3 Å². The number of fused-ring (bicyclic) bond motifs is 5. The van der Waals surface area contributed by atoms with Crippen LogP contribution in [0.5, 0.6) is 5.88 Å².